The van der Waals surface area contributed by atoms with E-state index in [1.165, 1.54) is 12.1 Å². The zero-order valence-electron chi connectivity index (χ0n) is 15.7. The number of ether oxygens (including phenoxy) is 2. The van der Waals surface area contributed by atoms with Crippen molar-refractivity contribution in [3.8, 4) is 5.75 Å². The second-order valence-corrected chi connectivity index (χ2v) is 6.84. The predicted molar refractivity (Wildman–Crippen MR) is 108 cm³/mol. The molecular formula is C21H26ClFN2O3. The van der Waals surface area contributed by atoms with Crippen LogP contribution in [0.2, 0.25) is 0 Å². The van der Waals surface area contributed by atoms with Crippen molar-refractivity contribution in [2.24, 2.45) is 11.1 Å². The third-order valence-corrected chi connectivity index (χ3v) is 4.99. The van der Waals surface area contributed by atoms with Crippen molar-refractivity contribution in [3.05, 3.63) is 65.5 Å². The summed E-state index contributed by atoms with van der Waals surface area (Å²) in [7, 11) is 0. The Morgan fingerprint density at radius 3 is 2.50 bits per heavy atom. The van der Waals surface area contributed by atoms with E-state index in [-0.39, 0.29) is 24.1 Å². The standard InChI is InChI=1S/C21H25FN2O3.ClH/c22-18-3-1-2-17(12-18)14-27-19-6-4-16(5-7-19)13-24-20(25)21(15-23)8-10-26-11-9-21;/h1-7,12H,8-11,13-15,23H2,(H,24,25);1H. The highest BCUT2D eigenvalue weighted by molar-refractivity contribution is 5.85. The molecule has 1 aliphatic heterocycles. The normalized spacial score (nSPS) is 15.4. The van der Waals surface area contributed by atoms with E-state index in [2.05, 4.69) is 5.32 Å². The van der Waals surface area contributed by atoms with E-state index in [0.717, 1.165) is 11.1 Å². The quantitative estimate of drug-likeness (QED) is 0.737. The fourth-order valence-corrected chi connectivity index (χ4v) is 3.15. The summed E-state index contributed by atoms with van der Waals surface area (Å²) >= 11 is 0. The summed E-state index contributed by atoms with van der Waals surface area (Å²) < 4.78 is 24.2. The molecule has 5 nitrogen and oxygen atoms in total. The lowest BCUT2D eigenvalue weighted by molar-refractivity contribution is -0.136. The number of carbonyl (C=O) groups is 1. The Morgan fingerprint density at radius 1 is 1.14 bits per heavy atom. The van der Waals surface area contributed by atoms with Crippen molar-refractivity contribution in [1.29, 1.82) is 0 Å². The zero-order valence-corrected chi connectivity index (χ0v) is 16.5. The molecule has 2 aromatic carbocycles. The summed E-state index contributed by atoms with van der Waals surface area (Å²) in [6.07, 6.45) is 1.31. The number of nitrogens with one attached hydrogen (secondary N) is 1. The van der Waals surface area contributed by atoms with Crippen LogP contribution in [0.15, 0.2) is 48.5 Å². The predicted octanol–water partition coefficient (Wildman–Crippen LogP) is 3.20. The number of carbonyl (C=O) groups excluding carboxylic acids is 1. The Labute approximate surface area is 170 Å². The first-order valence-corrected chi connectivity index (χ1v) is 9.14. The van der Waals surface area contributed by atoms with Crippen molar-refractivity contribution < 1.29 is 18.7 Å². The molecule has 28 heavy (non-hydrogen) atoms. The fourth-order valence-electron chi connectivity index (χ4n) is 3.15. The van der Waals surface area contributed by atoms with Crippen LogP contribution in [0.1, 0.15) is 24.0 Å². The first kappa shape index (κ1) is 22.1. The van der Waals surface area contributed by atoms with Crippen LogP contribution in [-0.4, -0.2) is 25.7 Å². The highest BCUT2D eigenvalue weighted by atomic mass is 35.5. The molecule has 0 aromatic heterocycles. The van der Waals surface area contributed by atoms with Gasteiger partial charge in [-0.3, -0.25) is 4.79 Å². The number of rotatable bonds is 7. The molecule has 0 aliphatic carbocycles. The van der Waals surface area contributed by atoms with E-state index in [1.807, 2.05) is 30.3 Å². The summed E-state index contributed by atoms with van der Waals surface area (Å²) in [6.45, 7) is 2.21. The summed E-state index contributed by atoms with van der Waals surface area (Å²) in [5.74, 6) is 0.402. The Kier molecular flexibility index (Phi) is 8.23. The highest BCUT2D eigenvalue weighted by Gasteiger charge is 2.38. The molecule has 3 N–H and O–H groups in total. The van der Waals surface area contributed by atoms with Gasteiger partial charge >= 0.3 is 0 Å². The van der Waals surface area contributed by atoms with Crippen LogP contribution in [0.3, 0.4) is 0 Å². The van der Waals surface area contributed by atoms with Crippen LogP contribution in [0.4, 0.5) is 4.39 Å². The molecule has 0 bridgehead atoms. The maximum Gasteiger partial charge on any atom is 0.227 e. The smallest absolute Gasteiger partial charge is 0.227 e. The van der Waals surface area contributed by atoms with Crippen molar-refractivity contribution >= 4 is 18.3 Å². The molecular weight excluding hydrogens is 383 g/mol. The lowest BCUT2D eigenvalue weighted by Gasteiger charge is -2.34. The Bertz CT molecular complexity index is 765. The van der Waals surface area contributed by atoms with Crippen LogP contribution >= 0.6 is 12.4 Å². The summed E-state index contributed by atoms with van der Waals surface area (Å²) in [6, 6.07) is 13.8. The molecule has 152 valence electrons. The number of halogens is 2. The minimum absolute atomic E-state index is 0. The lowest BCUT2D eigenvalue weighted by atomic mass is 9.79. The largest absolute Gasteiger partial charge is 0.489 e. The first-order chi connectivity index (χ1) is 13.1. The number of amides is 1. The molecule has 1 aliphatic rings. The van der Waals surface area contributed by atoms with Gasteiger partial charge in [0.2, 0.25) is 5.91 Å². The topological polar surface area (TPSA) is 73.6 Å². The van der Waals surface area contributed by atoms with Gasteiger partial charge in [-0.05, 0) is 48.2 Å². The minimum Gasteiger partial charge on any atom is -0.489 e. The van der Waals surface area contributed by atoms with E-state index in [4.69, 9.17) is 15.2 Å². The first-order valence-electron chi connectivity index (χ1n) is 9.14. The van der Waals surface area contributed by atoms with Crippen molar-refractivity contribution in [1.82, 2.24) is 5.32 Å². The van der Waals surface area contributed by atoms with Crippen LogP contribution in [-0.2, 0) is 22.7 Å². The fraction of sp³-hybridized carbons (Fsp3) is 0.381. The third kappa shape index (κ3) is 5.67. The molecule has 7 heteroatoms. The number of hydrogen-bond acceptors (Lipinski definition) is 4. The molecule has 1 amide bonds. The molecule has 0 saturated carbocycles. The van der Waals surface area contributed by atoms with Gasteiger partial charge in [-0.2, -0.15) is 0 Å². The van der Waals surface area contributed by atoms with Gasteiger partial charge in [-0.1, -0.05) is 24.3 Å². The van der Waals surface area contributed by atoms with Crippen LogP contribution in [0.5, 0.6) is 5.75 Å². The maximum atomic E-state index is 13.2. The van der Waals surface area contributed by atoms with Gasteiger partial charge in [0.05, 0.1) is 5.41 Å². The van der Waals surface area contributed by atoms with Crippen LogP contribution in [0, 0.1) is 11.2 Å². The van der Waals surface area contributed by atoms with Gasteiger partial charge < -0.3 is 20.5 Å². The van der Waals surface area contributed by atoms with Gasteiger partial charge in [0.25, 0.3) is 0 Å². The van der Waals surface area contributed by atoms with Gasteiger partial charge in [-0.15, -0.1) is 12.4 Å². The summed E-state index contributed by atoms with van der Waals surface area (Å²) in [5, 5.41) is 2.99. The van der Waals surface area contributed by atoms with Gasteiger partial charge in [-0.25, -0.2) is 4.39 Å². The van der Waals surface area contributed by atoms with Crippen molar-refractivity contribution in [2.75, 3.05) is 19.8 Å². The van der Waals surface area contributed by atoms with Crippen LogP contribution in [0.25, 0.3) is 0 Å². The summed E-state index contributed by atoms with van der Waals surface area (Å²) in [4.78, 5) is 12.6. The molecule has 0 atom stereocenters. The maximum absolute atomic E-state index is 13.2. The Balaban J connectivity index is 0.00000280. The third-order valence-electron chi connectivity index (χ3n) is 4.99. The molecule has 0 spiro atoms. The number of nitrogens with two attached hydrogens (primary N) is 1. The van der Waals surface area contributed by atoms with Crippen LogP contribution < -0.4 is 15.8 Å². The average Bonchev–Trinajstić information content (AvgIpc) is 2.72. The second kappa shape index (κ2) is 10.4. The van der Waals surface area contributed by atoms with E-state index in [9.17, 15) is 9.18 Å². The molecule has 3 rings (SSSR count). The van der Waals surface area contributed by atoms with Crippen molar-refractivity contribution in [3.63, 3.8) is 0 Å². The van der Waals surface area contributed by atoms with Crippen molar-refractivity contribution in [2.45, 2.75) is 26.0 Å². The minimum atomic E-state index is -0.522. The van der Waals surface area contributed by atoms with E-state index in [0.29, 0.717) is 51.5 Å². The SMILES string of the molecule is Cl.NCC1(C(=O)NCc2ccc(OCc3cccc(F)c3)cc2)CCOCC1. The second-order valence-electron chi connectivity index (χ2n) is 6.84. The highest BCUT2D eigenvalue weighted by Crippen LogP contribution is 2.29. The molecule has 2 aromatic rings. The van der Waals surface area contributed by atoms with Gasteiger partial charge in [0, 0.05) is 26.3 Å². The Morgan fingerprint density at radius 2 is 1.86 bits per heavy atom. The number of hydrogen-bond donors (Lipinski definition) is 2. The molecule has 0 unspecified atom stereocenters. The monoisotopic (exact) mass is 408 g/mol. The molecule has 0 radical (unpaired) electrons. The molecule has 1 saturated heterocycles. The molecule has 1 fully saturated rings. The van der Waals surface area contributed by atoms with Gasteiger partial charge in [0.15, 0.2) is 0 Å². The van der Waals surface area contributed by atoms with E-state index < -0.39 is 5.41 Å². The van der Waals surface area contributed by atoms with E-state index in [1.54, 1.807) is 6.07 Å². The number of benzene rings is 2. The Hall–Kier alpha value is -2.15. The summed E-state index contributed by atoms with van der Waals surface area (Å²) in [5.41, 5.74) is 7.09. The average molecular weight is 409 g/mol. The lowest BCUT2D eigenvalue weighted by Crippen LogP contribution is -2.48. The zero-order chi connectivity index (χ0) is 19.1. The van der Waals surface area contributed by atoms with E-state index >= 15 is 0 Å². The van der Waals surface area contributed by atoms with Gasteiger partial charge in [0.1, 0.15) is 18.2 Å². The molecule has 1 heterocycles.